The average molecular weight is 319 g/mol. The summed E-state index contributed by atoms with van der Waals surface area (Å²) in [6.45, 7) is 1.66. The molecule has 23 heavy (non-hydrogen) atoms. The number of tetrazole rings is 1. The number of aliphatic carboxylic acids is 1. The molecule has 0 fully saturated rings. The van der Waals surface area contributed by atoms with Gasteiger partial charge in [0.25, 0.3) is 5.91 Å². The van der Waals surface area contributed by atoms with Crippen LogP contribution in [0.15, 0.2) is 24.5 Å². The van der Waals surface area contributed by atoms with E-state index in [-0.39, 0.29) is 12.5 Å². The van der Waals surface area contributed by atoms with Crippen molar-refractivity contribution in [1.82, 2.24) is 25.1 Å². The van der Waals surface area contributed by atoms with Gasteiger partial charge in [0, 0.05) is 19.2 Å². The van der Waals surface area contributed by atoms with E-state index >= 15 is 0 Å². The molecular weight excluding hydrogens is 302 g/mol. The van der Waals surface area contributed by atoms with E-state index < -0.39 is 11.9 Å². The summed E-state index contributed by atoms with van der Waals surface area (Å²) in [7, 11) is 3.06. The Kier molecular flexibility index (Phi) is 4.89. The fourth-order valence-corrected chi connectivity index (χ4v) is 2.07. The van der Waals surface area contributed by atoms with Gasteiger partial charge in [0.2, 0.25) is 0 Å². The van der Waals surface area contributed by atoms with Crippen LogP contribution in [0.2, 0.25) is 0 Å². The molecule has 0 aliphatic rings. The number of carboxylic acid groups (broad SMARTS) is 1. The first-order chi connectivity index (χ1) is 10.9. The van der Waals surface area contributed by atoms with Gasteiger partial charge in [-0.3, -0.25) is 9.59 Å². The molecule has 2 rings (SSSR count). The van der Waals surface area contributed by atoms with Crippen molar-refractivity contribution in [2.75, 3.05) is 20.7 Å². The van der Waals surface area contributed by atoms with Gasteiger partial charge < -0.3 is 14.7 Å². The number of carbonyl (C=O) groups excluding carboxylic acids is 1. The lowest BCUT2D eigenvalue weighted by Gasteiger charge is -2.20. The third-order valence-electron chi connectivity index (χ3n) is 3.34. The molecule has 0 saturated heterocycles. The van der Waals surface area contributed by atoms with E-state index in [1.807, 2.05) is 0 Å². The summed E-state index contributed by atoms with van der Waals surface area (Å²) >= 11 is 0. The van der Waals surface area contributed by atoms with E-state index in [0.29, 0.717) is 17.0 Å². The molecule has 0 radical (unpaired) electrons. The van der Waals surface area contributed by atoms with Gasteiger partial charge >= 0.3 is 5.97 Å². The molecule has 1 aromatic heterocycles. The monoisotopic (exact) mass is 319 g/mol. The van der Waals surface area contributed by atoms with E-state index in [2.05, 4.69) is 15.5 Å². The third kappa shape index (κ3) is 3.62. The van der Waals surface area contributed by atoms with Gasteiger partial charge in [-0.25, -0.2) is 0 Å². The summed E-state index contributed by atoms with van der Waals surface area (Å²) in [5, 5.41) is 19.8. The average Bonchev–Trinajstić information content (AvgIpc) is 3.07. The number of rotatable bonds is 6. The summed E-state index contributed by atoms with van der Waals surface area (Å²) in [5.41, 5.74) is 0.902. The molecule has 0 aliphatic carbocycles. The van der Waals surface area contributed by atoms with Crippen LogP contribution in [0.5, 0.6) is 5.75 Å². The largest absolute Gasteiger partial charge is 0.494 e. The molecule has 0 spiro atoms. The Morgan fingerprint density at radius 2 is 2.17 bits per heavy atom. The predicted octanol–water partition coefficient (Wildman–Crippen LogP) is 0.464. The number of carboxylic acids is 1. The highest BCUT2D eigenvalue weighted by molar-refractivity contribution is 5.95. The van der Waals surface area contributed by atoms with E-state index in [4.69, 9.17) is 9.84 Å². The summed E-state index contributed by atoms with van der Waals surface area (Å²) in [5.74, 6) is -1.39. The number of methoxy groups -OCH3 is 1. The zero-order valence-electron chi connectivity index (χ0n) is 13.0. The number of amides is 1. The lowest BCUT2D eigenvalue weighted by atomic mass is 10.1. The zero-order chi connectivity index (χ0) is 17.0. The fraction of sp³-hybridized carbons (Fsp3) is 0.357. The second kappa shape index (κ2) is 6.86. The van der Waals surface area contributed by atoms with Crippen LogP contribution in [0.3, 0.4) is 0 Å². The number of hydrogen-bond donors (Lipinski definition) is 1. The third-order valence-corrected chi connectivity index (χ3v) is 3.34. The highest BCUT2D eigenvalue weighted by Gasteiger charge is 2.20. The highest BCUT2D eigenvalue weighted by atomic mass is 16.5. The van der Waals surface area contributed by atoms with E-state index in [1.165, 1.54) is 23.0 Å². The molecule has 1 unspecified atom stereocenters. The quantitative estimate of drug-likeness (QED) is 0.823. The Balaban J connectivity index is 2.28. The number of ether oxygens (including phenoxy) is 1. The van der Waals surface area contributed by atoms with Gasteiger partial charge in [-0.1, -0.05) is 6.92 Å². The number of benzene rings is 1. The predicted molar refractivity (Wildman–Crippen MR) is 79.5 cm³/mol. The van der Waals surface area contributed by atoms with Gasteiger partial charge in [-0.2, -0.15) is 4.68 Å². The lowest BCUT2D eigenvalue weighted by molar-refractivity contribution is -0.141. The van der Waals surface area contributed by atoms with Crippen molar-refractivity contribution in [1.29, 1.82) is 0 Å². The van der Waals surface area contributed by atoms with Crippen LogP contribution in [-0.2, 0) is 4.79 Å². The van der Waals surface area contributed by atoms with Crippen LogP contribution in [0.1, 0.15) is 17.3 Å². The van der Waals surface area contributed by atoms with Crippen molar-refractivity contribution in [2.45, 2.75) is 6.92 Å². The Bertz CT molecular complexity index is 701. The van der Waals surface area contributed by atoms with Crippen molar-refractivity contribution in [3.05, 3.63) is 30.1 Å². The second-order valence-electron chi connectivity index (χ2n) is 5.07. The van der Waals surface area contributed by atoms with Gasteiger partial charge in [0.05, 0.1) is 13.0 Å². The maximum absolute atomic E-state index is 12.5. The molecule has 1 heterocycles. The van der Waals surface area contributed by atoms with Crippen LogP contribution < -0.4 is 4.74 Å². The smallest absolute Gasteiger partial charge is 0.308 e. The Morgan fingerprint density at radius 3 is 2.74 bits per heavy atom. The standard InChI is InChI=1S/C14H17N5O4/c1-9(14(21)22)7-18(2)13(20)10-4-5-12(23-3)11(6-10)19-8-15-16-17-19/h4-6,8-9H,7H2,1-3H3,(H,21,22). The van der Waals surface area contributed by atoms with Crippen molar-refractivity contribution in [2.24, 2.45) is 5.92 Å². The molecular formula is C14H17N5O4. The van der Waals surface area contributed by atoms with Gasteiger partial charge in [-0.15, -0.1) is 5.10 Å². The molecule has 9 heteroatoms. The topological polar surface area (TPSA) is 110 Å². The molecule has 2 aromatic rings. The number of hydrogen-bond acceptors (Lipinski definition) is 6. The summed E-state index contributed by atoms with van der Waals surface area (Å²) in [4.78, 5) is 24.7. The summed E-state index contributed by atoms with van der Waals surface area (Å²) < 4.78 is 6.63. The Hall–Kier alpha value is -2.97. The maximum atomic E-state index is 12.5. The van der Waals surface area contributed by atoms with Crippen LogP contribution in [0.25, 0.3) is 5.69 Å². The van der Waals surface area contributed by atoms with Crippen LogP contribution in [-0.4, -0.2) is 62.8 Å². The molecule has 1 atom stereocenters. The fourth-order valence-electron chi connectivity index (χ4n) is 2.07. The highest BCUT2D eigenvalue weighted by Crippen LogP contribution is 2.23. The van der Waals surface area contributed by atoms with Crippen molar-refractivity contribution >= 4 is 11.9 Å². The molecule has 0 bridgehead atoms. The minimum Gasteiger partial charge on any atom is -0.494 e. The molecule has 9 nitrogen and oxygen atoms in total. The van der Waals surface area contributed by atoms with Gasteiger partial charge in [0.1, 0.15) is 17.8 Å². The first kappa shape index (κ1) is 16.4. The zero-order valence-corrected chi connectivity index (χ0v) is 13.0. The minimum absolute atomic E-state index is 0.112. The van der Waals surface area contributed by atoms with Crippen molar-refractivity contribution < 1.29 is 19.4 Å². The molecule has 0 aliphatic heterocycles. The number of aromatic nitrogens is 4. The normalized spacial score (nSPS) is 11.8. The molecule has 1 aromatic carbocycles. The van der Waals surface area contributed by atoms with Crippen LogP contribution >= 0.6 is 0 Å². The summed E-state index contributed by atoms with van der Waals surface area (Å²) in [6.07, 6.45) is 1.39. The molecule has 1 amide bonds. The summed E-state index contributed by atoms with van der Waals surface area (Å²) in [6, 6.07) is 4.84. The maximum Gasteiger partial charge on any atom is 0.308 e. The molecule has 1 N–H and O–H groups in total. The van der Waals surface area contributed by atoms with Gasteiger partial charge in [-0.05, 0) is 28.6 Å². The van der Waals surface area contributed by atoms with Crippen LogP contribution in [0.4, 0.5) is 0 Å². The number of carbonyl (C=O) groups is 2. The molecule has 122 valence electrons. The second-order valence-corrected chi connectivity index (χ2v) is 5.07. The lowest BCUT2D eigenvalue weighted by Crippen LogP contribution is -2.33. The van der Waals surface area contributed by atoms with E-state index in [0.717, 1.165) is 0 Å². The van der Waals surface area contributed by atoms with Crippen molar-refractivity contribution in [3.8, 4) is 11.4 Å². The SMILES string of the molecule is COc1ccc(C(=O)N(C)CC(C)C(=O)O)cc1-n1cnnn1. The van der Waals surface area contributed by atoms with Crippen LogP contribution in [0, 0.1) is 5.92 Å². The van der Waals surface area contributed by atoms with Crippen molar-refractivity contribution in [3.63, 3.8) is 0 Å². The van der Waals surface area contributed by atoms with E-state index in [1.54, 1.807) is 32.2 Å². The first-order valence-electron chi connectivity index (χ1n) is 6.83. The Morgan fingerprint density at radius 1 is 1.43 bits per heavy atom. The Labute approximate surface area is 132 Å². The minimum atomic E-state index is -0.950. The molecule has 0 saturated carbocycles. The number of nitrogens with zero attached hydrogens (tertiary/aromatic N) is 5. The van der Waals surface area contributed by atoms with Gasteiger partial charge in [0.15, 0.2) is 0 Å². The van der Waals surface area contributed by atoms with E-state index in [9.17, 15) is 9.59 Å². The first-order valence-corrected chi connectivity index (χ1v) is 6.83.